The first-order valence-corrected chi connectivity index (χ1v) is 8.96. The van der Waals surface area contributed by atoms with Gasteiger partial charge < -0.3 is 15.0 Å². The molecule has 0 aliphatic carbocycles. The number of aromatic nitrogens is 1. The summed E-state index contributed by atoms with van der Waals surface area (Å²) in [6.07, 6.45) is 0.640. The molecule has 0 aliphatic rings. The van der Waals surface area contributed by atoms with E-state index in [-0.39, 0.29) is 17.9 Å². The molecule has 0 saturated carbocycles. The summed E-state index contributed by atoms with van der Waals surface area (Å²) in [5.74, 6) is -1.64. The quantitative estimate of drug-likeness (QED) is 0.657. The van der Waals surface area contributed by atoms with Crippen molar-refractivity contribution in [2.75, 3.05) is 0 Å². The zero-order valence-corrected chi connectivity index (χ0v) is 15.3. The van der Waals surface area contributed by atoms with Crippen LogP contribution in [0.5, 0.6) is 0 Å². The summed E-state index contributed by atoms with van der Waals surface area (Å²) >= 11 is 0. The number of amides is 1. The molecule has 3 aromatic rings. The fraction of sp³-hybridized carbons (Fsp3) is 0.286. The highest BCUT2D eigenvalue weighted by Gasteiger charge is 2.25. The maximum absolute atomic E-state index is 12.7. The van der Waals surface area contributed by atoms with E-state index in [2.05, 4.69) is 5.32 Å². The Morgan fingerprint density at radius 2 is 1.56 bits per heavy atom. The van der Waals surface area contributed by atoms with Gasteiger partial charge in [0.15, 0.2) is 5.43 Å². The number of carboxylic acid groups (broad SMARTS) is 1. The first kappa shape index (κ1) is 18.6. The summed E-state index contributed by atoms with van der Waals surface area (Å²) < 4.78 is 1.76. The third kappa shape index (κ3) is 3.56. The van der Waals surface area contributed by atoms with Gasteiger partial charge in [-0.25, -0.2) is 4.79 Å². The van der Waals surface area contributed by atoms with Crippen molar-refractivity contribution in [3.8, 4) is 0 Å². The van der Waals surface area contributed by atoms with Crippen LogP contribution in [0.1, 0.15) is 20.3 Å². The van der Waals surface area contributed by atoms with Gasteiger partial charge in [0, 0.05) is 10.8 Å². The van der Waals surface area contributed by atoms with Crippen LogP contribution in [0, 0.1) is 5.92 Å². The molecule has 0 aliphatic heterocycles. The van der Waals surface area contributed by atoms with E-state index in [1.54, 1.807) is 47.9 Å². The third-order valence-electron chi connectivity index (χ3n) is 4.98. The molecule has 140 valence electrons. The minimum absolute atomic E-state index is 0.0679. The van der Waals surface area contributed by atoms with Gasteiger partial charge in [0.2, 0.25) is 5.91 Å². The predicted molar refractivity (Wildman–Crippen MR) is 105 cm³/mol. The molecule has 0 saturated heterocycles. The van der Waals surface area contributed by atoms with Crippen molar-refractivity contribution in [1.29, 1.82) is 0 Å². The number of aliphatic carboxylic acids is 1. The molecule has 1 aromatic heterocycles. The SMILES string of the molecule is CCC(C)C(NC(=O)Cn1c2ccccc2c(=O)c2ccccc21)C(=O)O. The van der Waals surface area contributed by atoms with Crippen molar-refractivity contribution < 1.29 is 14.7 Å². The van der Waals surface area contributed by atoms with Crippen LogP contribution >= 0.6 is 0 Å². The number of hydrogen-bond donors (Lipinski definition) is 2. The van der Waals surface area contributed by atoms with Gasteiger partial charge in [0.1, 0.15) is 12.6 Å². The number of fused-ring (bicyclic) bond motifs is 2. The number of hydrogen-bond acceptors (Lipinski definition) is 3. The van der Waals surface area contributed by atoms with E-state index in [1.807, 2.05) is 19.1 Å². The van der Waals surface area contributed by atoms with Crippen molar-refractivity contribution >= 4 is 33.7 Å². The number of carbonyl (C=O) groups excluding carboxylic acids is 1. The van der Waals surface area contributed by atoms with Crippen LogP contribution in [0.25, 0.3) is 21.8 Å². The summed E-state index contributed by atoms with van der Waals surface area (Å²) in [5.41, 5.74) is 1.21. The van der Waals surface area contributed by atoms with Crippen molar-refractivity contribution in [3.63, 3.8) is 0 Å². The standard InChI is InChI=1S/C21H22N2O4/c1-3-13(2)19(21(26)27)22-18(24)12-23-16-10-6-4-8-14(16)20(25)15-9-5-7-11-17(15)23/h4-11,13,19H,3,12H2,1-2H3,(H,22,24)(H,26,27). The van der Waals surface area contributed by atoms with Gasteiger partial charge >= 0.3 is 5.97 Å². The molecule has 0 bridgehead atoms. The van der Waals surface area contributed by atoms with Crippen LogP contribution in [0.4, 0.5) is 0 Å². The lowest BCUT2D eigenvalue weighted by atomic mass is 9.99. The summed E-state index contributed by atoms with van der Waals surface area (Å²) in [7, 11) is 0. The van der Waals surface area contributed by atoms with Crippen molar-refractivity contribution in [2.24, 2.45) is 5.92 Å². The van der Waals surface area contributed by atoms with E-state index < -0.39 is 17.9 Å². The molecule has 6 nitrogen and oxygen atoms in total. The van der Waals surface area contributed by atoms with Crippen LogP contribution in [0.3, 0.4) is 0 Å². The van der Waals surface area contributed by atoms with Crippen molar-refractivity contribution in [2.45, 2.75) is 32.9 Å². The molecule has 2 unspecified atom stereocenters. The number of rotatable bonds is 6. The molecule has 1 amide bonds. The van der Waals surface area contributed by atoms with Crippen LogP contribution in [0.15, 0.2) is 53.3 Å². The number of nitrogens with zero attached hydrogens (tertiary/aromatic N) is 1. The fourth-order valence-corrected chi connectivity index (χ4v) is 3.29. The molecular formula is C21H22N2O4. The van der Waals surface area contributed by atoms with Crippen LogP contribution < -0.4 is 10.7 Å². The second-order valence-electron chi connectivity index (χ2n) is 6.72. The Balaban J connectivity index is 2.05. The predicted octanol–water partition coefficient (Wildman–Crippen LogP) is 2.77. The molecule has 0 radical (unpaired) electrons. The number of benzene rings is 2. The smallest absolute Gasteiger partial charge is 0.326 e. The lowest BCUT2D eigenvalue weighted by molar-refractivity contribution is -0.143. The lowest BCUT2D eigenvalue weighted by Gasteiger charge is -2.21. The van der Waals surface area contributed by atoms with E-state index in [4.69, 9.17) is 0 Å². The number of para-hydroxylation sites is 2. The Morgan fingerprint density at radius 3 is 2.04 bits per heavy atom. The Bertz CT molecular complexity index is 1010. The van der Waals surface area contributed by atoms with Gasteiger partial charge in [0.25, 0.3) is 0 Å². The minimum Gasteiger partial charge on any atom is -0.480 e. The first-order valence-electron chi connectivity index (χ1n) is 8.96. The van der Waals surface area contributed by atoms with Gasteiger partial charge in [-0.15, -0.1) is 0 Å². The van der Waals surface area contributed by atoms with E-state index >= 15 is 0 Å². The first-order chi connectivity index (χ1) is 12.9. The number of carboxylic acids is 1. The Hall–Kier alpha value is -3.15. The molecule has 2 atom stereocenters. The summed E-state index contributed by atoms with van der Waals surface area (Å²) in [6, 6.07) is 13.3. The number of carbonyl (C=O) groups is 2. The molecule has 2 aromatic carbocycles. The summed E-state index contributed by atoms with van der Waals surface area (Å²) in [4.78, 5) is 36.9. The fourth-order valence-electron chi connectivity index (χ4n) is 3.29. The van der Waals surface area contributed by atoms with Gasteiger partial charge in [-0.05, 0) is 30.2 Å². The lowest BCUT2D eigenvalue weighted by Crippen LogP contribution is -2.46. The minimum atomic E-state index is -1.05. The summed E-state index contributed by atoms with van der Waals surface area (Å²) in [5, 5.41) is 13.1. The largest absolute Gasteiger partial charge is 0.480 e. The summed E-state index contributed by atoms with van der Waals surface area (Å²) in [6.45, 7) is 3.61. The maximum atomic E-state index is 12.7. The van der Waals surface area contributed by atoms with E-state index in [1.165, 1.54) is 0 Å². The van der Waals surface area contributed by atoms with Crippen molar-refractivity contribution in [1.82, 2.24) is 9.88 Å². The van der Waals surface area contributed by atoms with Crippen LogP contribution in [0.2, 0.25) is 0 Å². The molecule has 0 fully saturated rings. The maximum Gasteiger partial charge on any atom is 0.326 e. The highest BCUT2D eigenvalue weighted by Crippen LogP contribution is 2.19. The zero-order valence-electron chi connectivity index (χ0n) is 15.3. The average Bonchev–Trinajstić information content (AvgIpc) is 2.68. The normalized spacial score (nSPS) is 13.4. The Kier molecular flexibility index (Phi) is 5.26. The van der Waals surface area contributed by atoms with E-state index in [0.29, 0.717) is 28.2 Å². The molecule has 6 heteroatoms. The molecule has 0 spiro atoms. The van der Waals surface area contributed by atoms with Gasteiger partial charge in [-0.3, -0.25) is 9.59 Å². The van der Waals surface area contributed by atoms with E-state index in [0.717, 1.165) is 0 Å². The Morgan fingerprint density at radius 1 is 1.04 bits per heavy atom. The van der Waals surface area contributed by atoms with E-state index in [9.17, 15) is 19.5 Å². The zero-order chi connectivity index (χ0) is 19.6. The molecule has 3 rings (SSSR count). The second-order valence-corrected chi connectivity index (χ2v) is 6.72. The second kappa shape index (κ2) is 7.61. The van der Waals surface area contributed by atoms with Crippen LogP contribution in [-0.4, -0.2) is 27.6 Å². The topological polar surface area (TPSA) is 88.4 Å². The number of pyridine rings is 1. The molecule has 1 heterocycles. The highest BCUT2D eigenvalue weighted by molar-refractivity contribution is 5.95. The van der Waals surface area contributed by atoms with Gasteiger partial charge in [0.05, 0.1) is 11.0 Å². The highest BCUT2D eigenvalue weighted by atomic mass is 16.4. The molecular weight excluding hydrogens is 344 g/mol. The van der Waals surface area contributed by atoms with Gasteiger partial charge in [-0.1, -0.05) is 44.5 Å². The molecule has 2 N–H and O–H groups in total. The van der Waals surface area contributed by atoms with Crippen LogP contribution in [-0.2, 0) is 16.1 Å². The average molecular weight is 366 g/mol. The third-order valence-corrected chi connectivity index (χ3v) is 4.98. The molecule has 27 heavy (non-hydrogen) atoms. The van der Waals surface area contributed by atoms with Gasteiger partial charge in [-0.2, -0.15) is 0 Å². The monoisotopic (exact) mass is 366 g/mol. The number of nitrogens with one attached hydrogen (secondary N) is 1. The Labute approximate surface area is 156 Å². The van der Waals surface area contributed by atoms with Crippen molar-refractivity contribution in [3.05, 3.63) is 58.8 Å².